The summed E-state index contributed by atoms with van der Waals surface area (Å²) in [6, 6.07) is 14.6. The number of aromatic nitrogens is 1. The lowest BCUT2D eigenvalue weighted by Crippen LogP contribution is -2.40. The Morgan fingerprint density at radius 2 is 1.77 bits per heavy atom. The normalized spacial score (nSPS) is 16.2. The molecule has 10 nitrogen and oxygen atoms in total. The van der Waals surface area contributed by atoms with Gasteiger partial charge in [-0.15, -0.1) is 0 Å². The van der Waals surface area contributed by atoms with Crippen LogP contribution in [0, 0.1) is 13.8 Å². The van der Waals surface area contributed by atoms with Gasteiger partial charge in [0.25, 0.3) is 15.9 Å². The summed E-state index contributed by atoms with van der Waals surface area (Å²) < 4.78 is 45.6. The van der Waals surface area contributed by atoms with Gasteiger partial charge in [-0.2, -0.15) is 0 Å². The van der Waals surface area contributed by atoms with Crippen LogP contribution >= 0.6 is 0 Å². The Bertz CT molecular complexity index is 1590. The summed E-state index contributed by atoms with van der Waals surface area (Å²) in [7, 11) is -2.56. The van der Waals surface area contributed by atoms with Crippen LogP contribution in [0.5, 0.6) is 0 Å². The Morgan fingerprint density at radius 1 is 1.05 bits per heavy atom. The van der Waals surface area contributed by atoms with Crippen molar-refractivity contribution < 1.29 is 27.2 Å². The Kier molecular flexibility index (Phi) is 9.87. The highest BCUT2D eigenvalue weighted by atomic mass is 32.2. The summed E-state index contributed by atoms with van der Waals surface area (Å²) in [4.78, 5) is 20.6. The van der Waals surface area contributed by atoms with E-state index in [2.05, 4.69) is 12.1 Å². The molecule has 1 spiro atoms. The van der Waals surface area contributed by atoms with Crippen molar-refractivity contribution in [3.63, 3.8) is 0 Å². The molecule has 2 heterocycles. The first-order chi connectivity index (χ1) is 21.2. The van der Waals surface area contributed by atoms with Gasteiger partial charge in [0.2, 0.25) is 0 Å². The third-order valence-electron chi connectivity index (χ3n) is 8.55. The minimum Gasteiger partial charge on any atom is -0.382 e. The van der Waals surface area contributed by atoms with Crippen molar-refractivity contribution in [2.75, 3.05) is 31.4 Å². The lowest BCUT2D eigenvalue weighted by Gasteiger charge is -2.24. The molecule has 2 aromatic carbocycles. The van der Waals surface area contributed by atoms with Crippen molar-refractivity contribution in [3.8, 4) is 11.1 Å². The lowest BCUT2D eigenvalue weighted by atomic mass is 9.98. The number of methoxy groups -OCH3 is 1. The van der Waals surface area contributed by atoms with Crippen molar-refractivity contribution >= 4 is 27.6 Å². The quantitative estimate of drug-likeness (QED) is 0.160. The number of amides is 1. The van der Waals surface area contributed by atoms with Gasteiger partial charge in [0.15, 0.2) is 5.82 Å². The number of unbranched alkanes of at least 4 members (excludes halogenated alkanes) is 1. The van der Waals surface area contributed by atoms with E-state index in [-0.39, 0.29) is 30.0 Å². The second-order valence-corrected chi connectivity index (χ2v) is 13.4. The van der Waals surface area contributed by atoms with E-state index in [4.69, 9.17) is 19.0 Å². The van der Waals surface area contributed by atoms with E-state index in [1.165, 1.54) is 0 Å². The van der Waals surface area contributed by atoms with Gasteiger partial charge in [-0.25, -0.2) is 12.7 Å². The number of aryl methyl sites for hydroxylation is 1. The van der Waals surface area contributed by atoms with Gasteiger partial charge in [-0.1, -0.05) is 73.8 Å². The molecule has 0 radical (unpaired) electrons. The van der Waals surface area contributed by atoms with Gasteiger partial charge in [0.1, 0.15) is 23.9 Å². The van der Waals surface area contributed by atoms with E-state index in [0.29, 0.717) is 30.0 Å². The monoisotopic (exact) mass is 622 g/mol. The molecule has 44 heavy (non-hydrogen) atoms. The molecular formula is C33H42N4O6S. The fraction of sp³-hybridized carbons (Fsp3) is 0.485. The minimum absolute atomic E-state index is 0.118. The van der Waals surface area contributed by atoms with Gasteiger partial charge < -0.3 is 14.0 Å². The van der Waals surface area contributed by atoms with Crippen LogP contribution in [0.2, 0.25) is 0 Å². The highest BCUT2D eigenvalue weighted by molar-refractivity contribution is 7.93. The van der Waals surface area contributed by atoms with Crippen LogP contribution in [-0.2, 0) is 30.8 Å². The average molecular weight is 623 g/mol. The van der Waals surface area contributed by atoms with Gasteiger partial charge in [0, 0.05) is 24.7 Å². The maximum absolute atomic E-state index is 14.2. The number of aliphatic imine (C=N–C) groups is 1. The van der Waals surface area contributed by atoms with E-state index < -0.39 is 15.6 Å². The Hall–Kier alpha value is -3.54. The Balaban J connectivity index is 1.42. The molecule has 1 saturated carbocycles. The molecule has 0 atom stereocenters. The largest absolute Gasteiger partial charge is 0.382 e. The van der Waals surface area contributed by atoms with E-state index in [9.17, 15) is 13.2 Å². The van der Waals surface area contributed by atoms with Gasteiger partial charge in [0.05, 0.1) is 24.7 Å². The molecule has 1 aliphatic carbocycles. The number of benzene rings is 2. The first kappa shape index (κ1) is 31.9. The van der Waals surface area contributed by atoms with Crippen molar-refractivity contribution in [1.29, 1.82) is 0 Å². The Morgan fingerprint density at radius 3 is 2.43 bits per heavy atom. The average Bonchev–Trinajstić information content (AvgIpc) is 3.71. The lowest BCUT2D eigenvalue weighted by molar-refractivity contribution is -0.131. The molecule has 2 aliphatic rings. The zero-order chi connectivity index (χ0) is 31.3. The number of hydrogen-bond acceptors (Lipinski definition) is 8. The SMILES string of the molecule is CCCCC1=NC2(CCCC2)C(=O)N1Cc1ccc(-c2ccccc2S(=O)(=O)N(COCCOC)c2noc(C)c2C)cc1. The molecular weight excluding hydrogens is 580 g/mol. The molecule has 0 unspecified atom stereocenters. The van der Waals surface area contributed by atoms with Crippen molar-refractivity contribution in [1.82, 2.24) is 10.1 Å². The minimum atomic E-state index is -4.12. The molecule has 1 fully saturated rings. The molecule has 1 aliphatic heterocycles. The smallest absolute Gasteiger partial charge is 0.268 e. The summed E-state index contributed by atoms with van der Waals surface area (Å²) >= 11 is 0. The summed E-state index contributed by atoms with van der Waals surface area (Å²) in [5, 5.41) is 4.04. The van der Waals surface area contributed by atoms with Crippen molar-refractivity contribution in [3.05, 3.63) is 65.4 Å². The fourth-order valence-corrected chi connectivity index (χ4v) is 7.45. The number of carbonyl (C=O) groups is 1. The Labute approximate surface area is 260 Å². The maximum Gasteiger partial charge on any atom is 0.268 e. The highest BCUT2D eigenvalue weighted by Crippen LogP contribution is 2.40. The molecule has 0 N–H and O–H groups in total. The van der Waals surface area contributed by atoms with Crippen LogP contribution < -0.4 is 4.31 Å². The molecule has 5 rings (SSSR count). The number of anilines is 1. The second kappa shape index (κ2) is 13.6. The first-order valence-corrected chi connectivity index (χ1v) is 16.8. The number of nitrogens with zero attached hydrogens (tertiary/aromatic N) is 4. The molecule has 11 heteroatoms. The van der Waals surface area contributed by atoms with E-state index >= 15 is 0 Å². The molecule has 0 bridgehead atoms. The van der Waals surface area contributed by atoms with E-state index in [0.717, 1.165) is 66.2 Å². The van der Waals surface area contributed by atoms with Gasteiger partial charge in [-0.3, -0.25) is 14.7 Å². The summed E-state index contributed by atoms with van der Waals surface area (Å²) in [5.74, 6) is 1.72. The standard InChI is InChI=1S/C33H42N4O6S/c1-5-6-13-30-34-33(18-9-10-19-33)32(38)36(30)22-26-14-16-27(17-15-26)28-11-7-8-12-29(28)44(39,40)37(23-42-21-20-41-4)31-24(2)25(3)43-35-31/h7-8,11-12,14-17H,5-6,9-10,13,18-23H2,1-4H3. The fourth-order valence-electron chi connectivity index (χ4n) is 5.89. The molecule has 1 amide bonds. The first-order valence-electron chi connectivity index (χ1n) is 15.3. The summed E-state index contributed by atoms with van der Waals surface area (Å²) in [6.07, 6.45) is 6.54. The summed E-state index contributed by atoms with van der Waals surface area (Å²) in [5.41, 5.74) is 2.29. The highest BCUT2D eigenvalue weighted by Gasteiger charge is 2.49. The van der Waals surface area contributed by atoms with Crippen LogP contribution in [0.25, 0.3) is 11.1 Å². The maximum atomic E-state index is 14.2. The molecule has 3 aromatic rings. The number of rotatable bonds is 14. The van der Waals surface area contributed by atoms with Crippen LogP contribution in [0.15, 0.2) is 62.9 Å². The van der Waals surface area contributed by atoms with Crippen LogP contribution in [0.3, 0.4) is 0 Å². The number of ether oxygens (including phenoxy) is 2. The van der Waals surface area contributed by atoms with Gasteiger partial charge >= 0.3 is 0 Å². The van der Waals surface area contributed by atoms with Crippen molar-refractivity contribution in [2.45, 2.75) is 82.7 Å². The number of amidine groups is 1. The van der Waals surface area contributed by atoms with Crippen LogP contribution in [0.4, 0.5) is 5.82 Å². The van der Waals surface area contributed by atoms with Gasteiger partial charge in [-0.05, 0) is 50.3 Å². The molecule has 1 aromatic heterocycles. The third-order valence-corrected chi connectivity index (χ3v) is 10.3. The topological polar surface area (TPSA) is 115 Å². The van der Waals surface area contributed by atoms with E-state index in [1.54, 1.807) is 39.2 Å². The number of hydrogen-bond donors (Lipinski definition) is 0. The van der Waals surface area contributed by atoms with E-state index in [1.807, 2.05) is 35.2 Å². The number of sulfonamides is 1. The predicted octanol–water partition coefficient (Wildman–Crippen LogP) is 6.02. The zero-order valence-electron chi connectivity index (χ0n) is 26.0. The zero-order valence-corrected chi connectivity index (χ0v) is 26.9. The molecule has 0 saturated heterocycles. The number of carbonyl (C=O) groups excluding carboxylic acids is 1. The van der Waals surface area contributed by atoms with Crippen LogP contribution in [0.1, 0.15) is 68.8 Å². The second-order valence-electron chi connectivity index (χ2n) is 11.5. The van der Waals surface area contributed by atoms with Crippen molar-refractivity contribution in [2.24, 2.45) is 4.99 Å². The predicted molar refractivity (Wildman–Crippen MR) is 169 cm³/mol. The third kappa shape index (κ3) is 6.31. The molecule has 236 valence electrons. The van der Waals surface area contributed by atoms with Crippen LogP contribution in [-0.4, -0.2) is 62.8 Å². The summed E-state index contributed by atoms with van der Waals surface area (Å²) in [6.45, 7) is 6.38.